The van der Waals surface area contributed by atoms with Crippen molar-refractivity contribution in [3.63, 3.8) is 0 Å². The second-order valence-electron chi connectivity index (χ2n) is 8.69. The summed E-state index contributed by atoms with van der Waals surface area (Å²) >= 11 is 3.09. The predicted octanol–water partition coefficient (Wildman–Crippen LogP) is 5.67. The Morgan fingerprint density at radius 2 is 1.84 bits per heavy atom. The zero-order chi connectivity index (χ0) is 26.0. The summed E-state index contributed by atoms with van der Waals surface area (Å²) in [6.07, 6.45) is 3.79. The lowest BCUT2D eigenvalue weighted by atomic mass is 10.2. The number of thiazole rings is 1. The zero-order valence-corrected chi connectivity index (χ0v) is 23.0. The Hall–Kier alpha value is -2.92. The first-order valence-corrected chi connectivity index (χ1v) is 15.4. The van der Waals surface area contributed by atoms with Crippen LogP contribution in [0.5, 0.6) is 0 Å². The van der Waals surface area contributed by atoms with Gasteiger partial charge in [-0.25, -0.2) is 13.4 Å². The SMILES string of the molecule is CSc1cccc2sc(N(CC3CCCO3)C(=O)c3ccc(S(=O)(=O)N(C)c4ccccc4)cc3)nc12. The average Bonchev–Trinajstić information content (AvgIpc) is 3.61. The van der Waals surface area contributed by atoms with E-state index in [9.17, 15) is 13.2 Å². The Kier molecular flexibility index (Phi) is 7.52. The molecule has 37 heavy (non-hydrogen) atoms. The van der Waals surface area contributed by atoms with Crippen LogP contribution in [0.25, 0.3) is 10.2 Å². The largest absolute Gasteiger partial charge is 0.376 e. The van der Waals surface area contributed by atoms with Gasteiger partial charge < -0.3 is 4.74 Å². The molecule has 0 spiro atoms. The van der Waals surface area contributed by atoms with E-state index in [0.717, 1.165) is 28.0 Å². The van der Waals surface area contributed by atoms with Gasteiger partial charge in [0.15, 0.2) is 5.13 Å². The highest BCUT2D eigenvalue weighted by atomic mass is 32.2. The number of anilines is 2. The van der Waals surface area contributed by atoms with Crippen molar-refractivity contribution in [3.05, 3.63) is 78.4 Å². The number of aromatic nitrogens is 1. The summed E-state index contributed by atoms with van der Waals surface area (Å²) in [4.78, 5) is 21.4. The third-order valence-electron chi connectivity index (χ3n) is 6.36. The summed E-state index contributed by atoms with van der Waals surface area (Å²) in [5, 5.41) is 0.609. The second-order valence-corrected chi connectivity index (χ2v) is 12.5. The number of amides is 1. The minimum Gasteiger partial charge on any atom is -0.376 e. The van der Waals surface area contributed by atoms with Crippen LogP contribution in [0.4, 0.5) is 10.8 Å². The fourth-order valence-electron chi connectivity index (χ4n) is 4.29. The van der Waals surface area contributed by atoms with Crippen LogP contribution in [0, 0.1) is 0 Å². The number of thioether (sulfide) groups is 1. The van der Waals surface area contributed by atoms with Crippen LogP contribution in [-0.2, 0) is 14.8 Å². The summed E-state index contributed by atoms with van der Waals surface area (Å²) in [5.74, 6) is -0.236. The van der Waals surface area contributed by atoms with Gasteiger partial charge in [0.1, 0.15) is 0 Å². The lowest BCUT2D eigenvalue weighted by molar-refractivity contribution is 0.0917. The molecule has 0 radical (unpaired) electrons. The van der Waals surface area contributed by atoms with E-state index in [0.29, 0.717) is 29.5 Å². The third-order valence-corrected chi connectivity index (χ3v) is 9.97. The van der Waals surface area contributed by atoms with E-state index in [4.69, 9.17) is 9.72 Å². The first kappa shape index (κ1) is 25.7. The van der Waals surface area contributed by atoms with Crippen molar-refractivity contribution >= 4 is 60.1 Å². The number of sulfonamides is 1. The van der Waals surface area contributed by atoms with Crippen molar-refractivity contribution in [2.24, 2.45) is 0 Å². The van der Waals surface area contributed by atoms with Crippen LogP contribution in [0.15, 0.2) is 82.6 Å². The third kappa shape index (κ3) is 5.24. The lowest BCUT2D eigenvalue weighted by Gasteiger charge is -2.23. The molecule has 7 nitrogen and oxygen atoms in total. The quantitative estimate of drug-likeness (QED) is 0.262. The van der Waals surface area contributed by atoms with Crippen molar-refractivity contribution < 1.29 is 17.9 Å². The molecule has 1 aliphatic rings. The normalized spacial score (nSPS) is 15.7. The second kappa shape index (κ2) is 10.8. The summed E-state index contributed by atoms with van der Waals surface area (Å²) in [7, 11) is -2.26. The monoisotopic (exact) mass is 553 g/mol. The summed E-state index contributed by atoms with van der Waals surface area (Å²) in [6, 6.07) is 21.0. The van der Waals surface area contributed by atoms with Gasteiger partial charge in [-0.2, -0.15) is 0 Å². The first-order chi connectivity index (χ1) is 17.9. The molecule has 1 aromatic heterocycles. The molecule has 1 aliphatic heterocycles. The Morgan fingerprint density at radius 3 is 2.51 bits per heavy atom. The van der Waals surface area contributed by atoms with Gasteiger partial charge in [0, 0.05) is 24.1 Å². The molecule has 1 unspecified atom stereocenters. The molecule has 0 saturated carbocycles. The number of hydrogen-bond acceptors (Lipinski definition) is 7. The van der Waals surface area contributed by atoms with Crippen molar-refractivity contribution in [2.45, 2.75) is 28.7 Å². The molecule has 1 amide bonds. The van der Waals surface area contributed by atoms with Crippen LogP contribution >= 0.6 is 23.1 Å². The smallest absolute Gasteiger partial charge is 0.264 e. The molecule has 4 aromatic rings. The standard InChI is InChI=1S/C27H27N3O4S3/c1-29(20-8-4-3-5-9-20)37(32,33)22-15-13-19(14-16-22)26(31)30(18-21-10-7-17-34-21)27-28-25-23(35-2)11-6-12-24(25)36-27/h3-6,8-9,11-16,21H,7,10,17-18H2,1-2H3. The Labute approximate surface area is 225 Å². The minimum absolute atomic E-state index is 0.0600. The predicted molar refractivity (Wildman–Crippen MR) is 151 cm³/mol. The molecule has 5 rings (SSSR count). The highest BCUT2D eigenvalue weighted by Crippen LogP contribution is 2.35. The van der Waals surface area contributed by atoms with Crippen LogP contribution < -0.4 is 9.21 Å². The van der Waals surface area contributed by atoms with Gasteiger partial charge in [-0.1, -0.05) is 35.6 Å². The Morgan fingerprint density at radius 1 is 1.08 bits per heavy atom. The fraction of sp³-hybridized carbons (Fsp3) is 0.259. The van der Waals surface area contributed by atoms with Crippen LogP contribution in [-0.4, -0.2) is 51.9 Å². The van der Waals surface area contributed by atoms with E-state index in [-0.39, 0.29) is 16.9 Å². The van der Waals surface area contributed by atoms with Crippen LogP contribution in [0.2, 0.25) is 0 Å². The highest BCUT2D eigenvalue weighted by Gasteiger charge is 2.28. The van der Waals surface area contributed by atoms with Crippen molar-refractivity contribution in [3.8, 4) is 0 Å². The maximum atomic E-state index is 13.8. The maximum Gasteiger partial charge on any atom is 0.264 e. The molecule has 2 heterocycles. The molecule has 0 N–H and O–H groups in total. The number of ether oxygens (including phenoxy) is 1. The van der Waals surface area contributed by atoms with Gasteiger partial charge in [0.25, 0.3) is 15.9 Å². The maximum absolute atomic E-state index is 13.8. The number of carbonyl (C=O) groups excluding carboxylic acids is 1. The average molecular weight is 554 g/mol. The van der Waals surface area contributed by atoms with Crippen LogP contribution in [0.3, 0.4) is 0 Å². The zero-order valence-electron chi connectivity index (χ0n) is 20.5. The summed E-state index contributed by atoms with van der Waals surface area (Å²) in [5.41, 5.74) is 1.83. The Balaban J connectivity index is 1.45. The van der Waals surface area contributed by atoms with Gasteiger partial charge in [-0.15, -0.1) is 11.8 Å². The lowest BCUT2D eigenvalue weighted by Crippen LogP contribution is -2.37. The van der Waals surface area contributed by atoms with Gasteiger partial charge >= 0.3 is 0 Å². The number of carbonyl (C=O) groups is 1. The van der Waals surface area contributed by atoms with E-state index in [1.165, 1.54) is 34.8 Å². The number of para-hydroxylation sites is 2. The van der Waals surface area contributed by atoms with Crippen molar-refractivity contribution in [2.75, 3.05) is 35.7 Å². The van der Waals surface area contributed by atoms with Crippen molar-refractivity contribution in [1.29, 1.82) is 0 Å². The molecule has 192 valence electrons. The van der Waals surface area contributed by atoms with E-state index in [1.54, 1.807) is 53.1 Å². The van der Waals surface area contributed by atoms with E-state index in [1.807, 2.05) is 30.5 Å². The number of nitrogens with zero attached hydrogens (tertiary/aromatic N) is 3. The number of rotatable bonds is 8. The molecule has 3 aromatic carbocycles. The fourth-order valence-corrected chi connectivity index (χ4v) is 7.12. The van der Waals surface area contributed by atoms with Crippen molar-refractivity contribution in [1.82, 2.24) is 4.98 Å². The molecule has 1 fully saturated rings. The van der Waals surface area contributed by atoms with Gasteiger partial charge in [0.2, 0.25) is 0 Å². The van der Waals surface area contributed by atoms with Gasteiger partial charge in [-0.05, 0) is 67.6 Å². The molecule has 1 atom stereocenters. The molecule has 0 aliphatic carbocycles. The summed E-state index contributed by atoms with van der Waals surface area (Å²) in [6.45, 7) is 1.08. The van der Waals surface area contributed by atoms with E-state index >= 15 is 0 Å². The number of hydrogen-bond donors (Lipinski definition) is 0. The minimum atomic E-state index is -3.77. The van der Waals surface area contributed by atoms with E-state index < -0.39 is 10.0 Å². The molecule has 10 heteroatoms. The van der Waals surface area contributed by atoms with Gasteiger partial charge in [0.05, 0.1) is 33.4 Å². The van der Waals surface area contributed by atoms with Gasteiger partial charge in [-0.3, -0.25) is 14.0 Å². The molecular formula is C27H27N3O4S3. The number of benzene rings is 3. The molecule has 0 bridgehead atoms. The topological polar surface area (TPSA) is 79.8 Å². The highest BCUT2D eigenvalue weighted by molar-refractivity contribution is 7.98. The summed E-state index contributed by atoms with van der Waals surface area (Å²) < 4.78 is 34.4. The first-order valence-electron chi connectivity index (χ1n) is 11.9. The molecular weight excluding hydrogens is 527 g/mol. The Bertz CT molecular complexity index is 1500. The van der Waals surface area contributed by atoms with Crippen LogP contribution in [0.1, 0.15) is 23.2 Å². The van der Waals surface area contributed by atoms with E-state index in [2.05, 4.69) is 0 Å². The number of fused-ring (bicyclic) bond motifs is 1. The molecule has 1 saturated heterocycles.